The highest BCUT2D eigenvalue weighted by Gasteiger charge is 2.42. The van der Waals surface area contributed by atoms with E-state index < -0.39 is 0 Å². The van der Waals surface area contributed by atoms with E-state index in [1.54, 1.807) is 7.11 Å². The molecule has 2 aromatic carbocycles. The number of benzene rings is 2. The van der Waals surface area contributed by atoms with Gasteiger partial charge in [-0.2, -0.15) is 5.10 Å². The van der Waals surface area contributed by atoms with Crippen LogP contribution in [0.1, 0.15) is 36.9 Å². The van der Waals surface area contributed by atoms with Crippen LogP contribution in [0.15, 0.2) is 48.5 Å². The average molecular weight is 435 g/mol. The predicted molar refractivity (Wildman–Crippen MR) is 122 cm³/mol. The molecule has 3 aromatic rings. The standard InChI is InChI=1S/C26H27ClN2O2/c1-30-24-5-3-2-4-23(24)29-26(17-8-10-19(27)11-9-17)21-14-20(15-22(21)28-29)31-25-13-16-6-7-18(25)12-16/h2-5,8-11,16,18,20,25H,6-7,12-15H2,1H3/t16-,18-,20-,25-/m0/s1. The molecule has 0 unspecified atom stereocenters. The summed E-state index contributed by atoms with van der Waals surface area (Å²) in [5.74, 6) is 2.49. The van der Waals surface area contributed by atoms with E-state index >= 15 is 0 Å². The average Bonchev–Trinajstić information content (AvgIpc) is 3.55. The molecule has 2 saturated carbocycles. The Balaban J connectivity index is 1.37. The molecule has 0 aliphatic heterocycles. The van der Waals surface area contributed by atoms with Crippen molar-refractivity contribution in [3.8, 4) is 22.7 Å². The SMILES string of the molecule is COc1ccccc1-n1nc2c(c1-c1ccc(Cl)cc1)C[C@H](O[C@H]1C[C@H]3CC[C@H]1C3)C2. The Hall–Kier alpha value is -2.30. The molecule has 1 heterocycles. The summed E-state index contributed by atoms with van der Waals surface area (Å²) in [5, 5.41) is 5.80. The van der Waals surface area contributed by atoms with E-state index in [1.807, 2.05) is 35.0 Å². The van der Waals surface area contributed by atoms with E-state index in [1.165, 1.54) is 31.2 Å². The van der Waals surface area contributed by atoms with Gasteiger partial charge in [0, 0.05) is 29.0 Å². The molecule has 4 nitrogen and oxygen atoms in total. The van der Waals surface area contributed by atoms with Crippen LogP contribution in [0.3, 0.4) is 0 Å². The number of ether oxygens (including phenoxy) is 2. The van der Waals surface area contributed by atoms with E-state index in [2.05, 4.69) is 18.2 Å². The van der Waals surface area contributed by atoms with Gasteiger partial charge in [-0.25, -0.2) is 4.68 Å². The molecule has 3 aliphatic carbocycles. The Morgan fingerprint density at radius 2 is 1.84 bits per heavy atom. The number of rotatable bonds is 5. The minimum absolute atomic E-state index is 0.236. The van der Waals surface area contributed by atoms with Crippen molar-refractivity contribution in [2.75, 3.05) is 7.11 Å². The smallest absolute Gasteiger partial charge is 0.144 e. The highest BCUT2D eigenvalue weighted by atomic mass is 35.5. The van der Waals surface area contributed by atoms with Crippen molar-refractivity contribution in [2.45, 2.75) is 50.7 Å². The number of hydrogen-bond acceptors (Lipinski definition) is 3. The lowest BCUT2D eigenvalue weighted by molar-refractivity contribution is -0.0345. The molecule has 6 rings (SSSR count). The lowest BCUT2D eigenvalue weighted by atomic mass is 9.97. The van der Waals surface area contributed by atoms with E-state index in [-0.39, 0.29) is 6.10 Å². The molecular weight excluding hydrogens is 408 g/mol. The van der Waals surface area contributed by atoms with Gasteiger partial charge in [0.15, 0.2) is 0 Å². The van der Waals surface area contributed by atoms with Gasteiger partial charge in [0.05, 0.1) is 30.7 Å². The van der Waals surface area contributed by atoms with Crippen LogP contribution in [0.5, 0.6) is 5.75 Å². The maximum Gasteiger partial charge on any atom is 0.144 e. The van der Waals surface area contributed by atoms with Gasteiger partial charge >= 0.3 is 0 Å². The molecule has 2 bridgehead atoms. The summed E-state index contributed by atoms with van der Waals surface area (Å²) in [6.07, 6.45) is 7.86. The molecule has 0 amide bonds. The summed E-state index contributed by atoms with van der Waals surface area (Å²) in [5.41, 5.74) is 5.63. The van der Waals surface area contributed by atoms with E-state index in [0.717, 1.165) is 58.1 Å². The van der Waals surface area contributed by atoms with Crippen molar-refractivity contribution < 1.29 is 9.47 Å². The zero-order valence-corrected chi connectivity index (χ0v) is 18.5. The van der Waals surface area contributed by atoms with E-state index in [0.29, 0.717) is 6.10 Å². The normalized spacial score (nSPS) is 26.4. The molecule has 0 saturated heterocycles. The van der Waals surface area contributed by atoms with Crippen LogP contribution < -0.4 is 4.74 Å². The Labute approximate surface area is 188 Å². The molecule has 1 aromatic heterocycles. The van der Waals surface area contributed by atoms with Gasteiger partial charge < -0.3 is 9.47 Å². The second kappa shape index (κ2) is 7.68. The molecule has 31 heavy (non-hydrogen) atoms. The number of methoxy groups -OCH3 is 1. The van der Waals surface area contributed by atoms with Crippen molar-refractivity contribution >= 4 is 11.6 Å². The fourth-order valence-corrected chi connectivity index (χ4v) is 6.10. The summed E-state index contributed by atoms with van der Waals surface area (Å²) in [6, 6.07) is 16.1. The van der Waals surface area contributed by atoms with Crippen molar-refractivity contribution in [3.63, 3.8) is 0 Å². The topological polar surface area (TPSA) is 36.3 Å². The van der Waals surface area contributed by atoms with E-state index in [9.17, 15) is 0 Å². The quantitative estimate of drug-likeness (QED) is 0.503. The predicted octanol–water partition coefficient (Wildman–Crippen LogP) is 5.87. The van der Waals surface area contributed by atoms with Crippen LogP contribution >= 0.6 is 11.6 Å². The lowest BCUT2D eigenvalue weighted by Gasteiger charge is -2.26. The minimum atomic E-state index is 0.236. The fraction of sp³-hybridized carbons (Fsp3) is 0.423. The summed E-state index contributed by atoms with van der Waals surface area (Å²) in [7, 11) is 1.71. The summed E-state index contributed by atoms with van der Waals surface area (Å²) in [4.78, 5) is 0. The van der Waals surface area contributed by atoms with Crippen molar-refractivity contribution in [2.24, 2.45) is 11.8 Å². The van der Waals surface area contributed by atoms with Gasteiger partial charge in [0.1, 0.15) is 11.4 Å². The van der Waals surface area contributed by atoms with Gasteiger partial charge in [0.25, 0.3) is 0 Å². The number of halogens is 1. The Morgan fingerprint density at radius 3 is 2.58 bits per heavy atom. The molecule has 5 heteroatoms. The zero-order valence-electron chi connectivity index (χ0n) is 17.8. The Kier molecular flexibility index (Phi) is 4.81. The maximum atomic E-state index is 6.65. The first-order chi connectivity index (χ1) is 15.2. The van der Waals surface area contributed by atoms with Crippen LogP contribution in [-0.4, -0.2) is 29.1 Å². The number of hydrogen-bond donors (Lipinski definition) is 0. The van der Waals surface area contributed by atoms with Crippen molar-refractivity contribution in [3.05, 3.63) is 64.8 Å². The third kappa shape index (κ3) is 3.37. The summed E-state index contributed by atoms with van der Waals surface area (Å²) < 4.78 is 14.3. The first-order valence-corrected chi connectivity index (χ1v) is 11.7. The van der Waals surface area contributed by atoms with Crippen LogP contribution in [0.25, 0.3) is 16.9 Å². The number of nitrogens with zero attached hydrogens (tertiary/aromatic N) is 2. The van der Waals surface area contributed by atoms with Gasteiger partial charge in [-0.1, -0.05) is 35.9 Å². The van der Waals surface area contributed by atoms with Gasteiger partial charge in [-0.3, -0.25) is 0 Å². The largest absolute Gasteiger partial charge is 0.494 e. The zero-order chi connectivity index (χ0) is 20.9. The molecule has 0 radical (unpaired) electrons. The lowest BCUT2D eigenvalue weighted by Crippen LogP contribution is -2.27. The fourth-order valence-electron chi connectivity index (χ4n) is 5.97. The molecule has 0 N–H and O–H groups in total. The summed E-state index contributed by atoms with van der Waals surface area (Å²) >= 11 is 6.18. The molecule has 160 valence electrons. The van der Waals surface area contributed by atoms with Gasteiger partial charge in [0.2, 0.25) is 0 Å². The van der Waals surface area contributed by atoms with Gasteiger partial charge in [-0.05, 0) is 61.8 Å². The second-order valence-electron chi connectivity index (χ2n) is 9.24. The highest BCUT2D eigenvalue weighted by Crippen LogP contribution is 2.47. The third-order valence-corrected chi connectivity index (χ3v) is 7.64. The molecule has 2 fully saturated rings. The van der Waals surface area contributed by atoms with Crippen molar-refractivity contribution in [1.82, 2.24) is 9.78 Å². The second-order valence-corrected chi connectivity index (χ2v) is 9.68. The molecule has 0 spiro atoms. The van der Waals surface area contributed by atoms with Crippen LogP contribution in [-0.2, 0) is 17.6 Å². The molecular formula is C26H27ClN2O2. The van der Waals surface area contributed by atoms with Crippen LogP contribution in [0, 0.1) is 11.8 Å². The Bertz CT molecular complexity index is 1110. The molecule has 3 aliphatic rings. The number of aromatic nitrogens is 2. The van der Waals surface area contributed by atoms with Crippen LogP contribution in [0.4, 0.5) is 0 Å². The monoisotopic (exact) mass is 434 g/mol. The molecule has 4 atom stereocenters. The third-order valence-electron chi connectivity index (χ3n) is 7.39. The first kappa shape index (κ1) is 19.4. The van der Waals surface area contributed by atoms with Crippen molar-refractivity contribution in [1.29, 1.82) is 0 Å². The maximum absolute atomic E-state index is 6.65. The summed E-state index contributed by atoms with van der Waals surface area (Å²) in [6.45, 7) is 0. The highest BCUT2D eigenvalue weighted by molar-refractivity contribution is 6.30. The minimum Gasteiger partial charge on any atom is -0.494 e. The van der Waals surface area contributed by atoms with Crippen LogP contribution in [0.2, 0.25) is 5.02 Å². The van der Waals surface area contributed by atoms with Gasteiger partial charge in [-0.15, -0.1) is 0 Å². The Morgan fingerprint density at radius 1 is 1.00 bits per heavy atom. The number of para-hydroxylation sites is 2. The van der Waals surface area contributed by atoms with E-state index in [4.69, 9.17) is 26.2 Å². The first-order valence-electron chi connectivity index (χ1n) is 11.3. The number of fused-ring (bicyclic) bond motifs is 3.